The molecule has 6 aromatic rings. The van der Waals surface area contributed by atoms with E-state index in [0.717, 1.165) is 63.1 Å². The Labute approximate surface area is 247 Å². The SMILES string of the molecule is O[C@H]1CC[C@@H](Nc2c(-c3ccccn3)cnc3c2ccn3C2C[C@@H](Nc3c(-c4ncco4)cnc4[nH]ccc34)C[C@H]2O)C1. The summed E-state index contributed by atoms with van der Waals surface area (Å²) < 4.78 is 7.72. The van der Waals surface area contributed by atoms with Crippen LogP contribution in [0.25, 0.3) is 44.8 Å². The molecule has 218 valence electrons. The Bertz CT molecular complexity index is 1880. The topological polar surface area (TPSA) is 150 Å². The van der Waals surface area contributed by atoms with Crippen LogP contribution in [0.3, 0.4) is 0 Å². The monoisotopic (exact) mass is 576 g/mol. The van der Waals surface area contributed by atoms with Crippen molar-refractivity contribution in [2.75, 3.05) is 10.6 Å². The first-order valence-corrected chi connectivity index (χ1v) is 14.8. The van der Waals surface area contributed by atoms with Crippen LogP contribution in [0.1, 0.15) is 38.1 Å². The number of aromatic nitrogens is 6. The molecular formula is C32H32N8O3. The zero-order valence-electron chi connectivity index (χ0n) is 23.4. The Morgan fingerprint density at radius 3 is 2.53 bits per heavy atom. The average Bonchev–Trinajstić information content (AvgIpc) is 3.85. The molecule has 43 heavy (non-hydrogen) atoms. The van der Waals surface area contributed by atoms with Gasteiger partial charge in [-0.15, -0.1) is 0 Å². The van der Waals surface area contributed by atoms with Gasteiger partial charge >= 0.3 is 0 Å². The third-order valence-corrected chi connectivity index (χ3v) is 8.89. The molecule has 0 amide bonds. The summed E-state index contributed by atoms with van der Waals surface area (Å²) in [6.45, 7) is 0. The van der Waals surface area contributed by atoms with E-state index in [2.05, 4.69) is 41.2 Å². The average molecular weight is 577 g/mol. The lowest BCUT2D eigenvalue weighted by molar-refractivity contribution is 0.138. The van der Waals surface area contributed by atoms with Gasteiger partial charge in [0.1, 0.15) is 17.6 Å². The van der Waals surface area contributed by atoms with Gasteiger partial charge in [0.15, 0.2) is 0 Å². The zero-order chi connectivity index (χ0) is 28.9. The van der Waals surface area contributed by atoms with Gasteiger partial charge in [0, 0.05) is 59.4 Å². The molecule has 2 aliphatic carbocycles. The van der Waals surface area contributed by atoms with Crippen LogP contribution in [0.15, 0.2) is 78.2 Å². The Morgan fingerprint density at radius 1 is 0.837 bits per heavy atom. The van der Waals surface area contributed by atoms with Crippen LogP contribution in [0.2, 0.25) is 0 Å². The van der Waals surface area contributed by atoms with Crippen LogP contribution in [-0.4, -0.2) is 64.0 Å². The highest BCUT2D eigenvalue weighted by Crippen LogP contribution is 2.41. The summed E-state index contributed by atoms with van der Waals surface area (Å²) in [5.74, 6) is 0.493. The number of H-pyrrole nitrogens is 1. The summed E-state index contributed by atoms with van der Waals surface area (Å²) in [5.41, 5.74) is 5.96. The van der Waals surface area contributed by atoms with E-state index in [1.54, 1.807) is 24.9 Å². The number of aromatic amines is 1. The fourth-order valence-electron chi connectivity index (χ4n) is 6.83. The van der Waals surface area contributed by atoms with E-state index in [1.165, 1.54) is 0 Å². The smallest absolute Gasteiger partial charge is 0.229 e. The molecule has 2 fully saturated rings. The summed E-state index contributed by atoms with van der Waals surface area (Å²) in [6, 6.07) is 9.91. The molecule has 2 aliphatic rings. The summed E-state index contributed by atoms with van der Waals surface area (Å²) >= 11 is 0. The predicted octanol–water partition coefficient (Wildman–Crippen LogP) is 5.13. The van der Waals surface area contributed by atoms with Crippen LogP contribution in [0.5, 0.6) is 0 Å². The molecule has 0 radical (unpaired) electrons. The third-order valence-electron chi connectivity index (χ3n) is 8.89. The van der Waals surface area contributed by atoms with Crippen molar-refractivity contribution in [3.63, 3.8) is 0 Å². The molecule has 6 heterocycles. The summed E-state index contributed by atoms with van der Waals surface area (Å²) in [6.07, 6.45) is 15.3. The molecule has 0 saturated heterocycles. The number of aliphatic hydroxyl groups is 2. The van der Waals surface area contributed by atoms with Crippen LogP contribution in [-0.2, 0) is 0 Å². The van der Waals surface area contributed by atoms with Crippen molar-refractivity contribution < 1.29 is 14.6 Å². The molecule has 5 N–H and O–H groups in total. The van der Waals surface area contributed by atoms with Crippen molar-refractivity contribution in [3.8, 4) is 22.7 Å². The number of rotatable bonds is 7. The lowest BCUT2D eigenvalue weighted by atomic mass is 10.1. The Balaban J connectivity index is 1.13. The molecule has 0 bridgehead atoms. The van der Waals surface area contributed by atoms with E-state index >= 15 is 0 Å². The number of hydrogen-bond acceptors (Lipinski definition) is 9. The van der Waals surface area contributed by atoms with Gasteiger partial charge < -0.3 is 34.8 Å². The molecule has 8 rings (SSSR count). The highest BCUT2D eigenvalue weighted by atomic mass is 16.3. The lowest BCUT2D eigenvalue weighted by Gasteiger charge is -2.21. The minimum Gasteiger partial charge on any atom is -0.444 e. The highest BCUT2D eigenvalue weighted by Gasteiger charge is 2.36. The van der Waals surface area contributed by atoms with Crippen LogP contribution in [0.4, 0.5) is 11.4 Å². The van der Waals surface area contributed by atoms with Crippen molar-refractivity contribution >= 4 is 33.4 Å². The van der Waals surface area contributed by atoms with Crippen molar-refractivity contribution in [1.29, 1.82) is 0 Å². The molecule has 0 spiro atoms. The van der Waals surface area contributed by atoms with E-state index in [1.807, 2.05) is 42.9 Å². The minimum absolute atomic E-state index is 0.00275. The molecule has 1 unspecified atom stereocenters. The van der Waals surface area contributed by atoms with Crippen LogP contribution >= 0.6 is 0 Å². The second-order valence-electron chi connectivity index (χ2n) is 11.6. The van der Waals surface area contributed by atoms with Crippen LogP contribution in [0, 0.1) is 0 Å². The van der Waals surface area contributed by atoms with Gasteiger partial charge in [-0.2, -0.15) is 0 Å². The Kier molecular flexibility index (Phi) is 6.34. The molecule has 2 saturated carbocycles. The van der Waals surface area contributed by atoms with Crippen molar-refractivity contribution in [3.05, 3.63) is 73.8 Å². The van der Waals surface area contributed by atoms with Crippen LogP contribution < -0.4 is 10.6 Å². The first kappa shape index (κ1) is 25.9. The van der Waals surface area contributed by atoms with E-state index in [0.29, 0.717) is 25.2 Å². The third kappa shape index (κ3) is 4.61. The largest absolute Gasteiger partial charge is 0.444 e. The fourth-order valence-corrected chi connectivity index (χ4v) is 6.83. The van der Waals surface area contributed by atoms with Crippen molar-refractivity contribution in [1.82, 2.24) is 29.5 Å². The number of anilines is 2. The maximum atomic E-state index is 11.4. The fraction of sp³-hybridized carbons (Fsp3) is 0.312. The second kappa shape index (κ2) is 10.5. The van der Waals surface area contributed by atoms with Gasteiger partial charge in [0.25, 0.3) is 0 Å². The first-order chi connectivity index (χ1) is 21.1. The van der Waals surface area contributed by atoms with Gasteiger partial charge in [0.2, 0.25) is 5.89 Å². The quantitative estimate of drug-likeness (QED) is 0.174. The number of oxazole rings is 1. The van der Waals surface area contributed by atoms with E-state index in [9.17, 15) is 10.2 Å². The van der Waals surface area contributed by atoms with Gasteiger partial charge in [-0.05, 0) is 56.4 Å². The van der Waals surface area contributed by atoms with E-state index < -0.39 is 6.10 Å². The number of pyridine rings is 3. The molecular weight excluding hydrogens is 544 g/mol. The Hall–Kier alpha value is -4.74. The van der Waals surface area contributed by atoms with E-state index in [-0.39, 0.29) is 24.2 Å². The second-order valence-corrected chi connectivity index (χ2v) is 11.6. The van der Waals surface area contributed by atoms with Gasteiger partial charge in [0.05, 0.1) is 47.1 Å². The maximum Gasteiger partial charge on any atom is 0.229 e. The highest BCUT2D eigenvalue weighted by molar-refractivity contribution is 5.98. The number of aliphatic hydroxyl groups excluding tert-OH is 2. The van der Waals surface area contributed by atoms with Crippen molar-refractivity contribution in [2.24, 2.45) is 0 Å². The number of fused-ring (bicyclic) bond motifs is 2. The minimum atomic E-state index is -0.569. The van der Waals surface area contributed by atoms with E-state index in [4.69, 9.17) is 9.40 Å². The molecule has 5 atom stereocenters. The normalized spacial score (nSPS) is 23.8. The zero-order valence-corrected chi connectivity index (χ0v) is 23.4. The molecule has 11 heteroatoms. The van der Waals surface area contributed by atoms with Gasteiger partial charge in [-0.25, -0.2) is 15.0 Å². The van der Waals surface area contributed by atoms with Crippen molar-refractivity contribution in [2.45, 2.75) is 62.4 Å². The molecule has 0 aromatic carbocycles. The number of hydrogen-bond donors (Lipinski definition) is 5. The summed E-state index contributed by atoms with van der Waals surface area (Å²) in [4.78, 5) is 21.6. The Morgan fingerprint density at radius 2 is 1.72 bits per heavy atom. The lowest BCUT2D eigenvalue weighted by Crippen LogP contribution is -2.19. The molecule has 0 aliphatic heterocycles. The summed E-state index contributed by atoms with van der Waals surface area (Å²) in [5, 5.41) is 30.9. The number of nitrogens with one attached hydrogen (secondary N) is 3. The van der Waals surface area contributed by atoms with Gasteiger partial charge in [-0.1, -0.05) is 6.07 Å². The standard InChI is InChI=1S/C32H32N8O3/c41-20-5-4-18(13-20)38-29-22-7-11-40(31(22)37-16-23(29)25-3-1-2-8-33-25)26-14-19(15-27(26)42)39-28-21-6-9-34-30(21)36-17-24(28)32-35-10-12-43-32/h1-3,6-12,16-20,26-27,41-42H,4-5,13-15H2,(H,37,38)(H2,34,36,39)/t18-,19-,20+,26?,27-/m1/s1. The predicted molar refractivity (Wildman–Crippen MR) is 164 cm³/mol. The summed E-state index contributed by atoms with van der Waals surface area (Å²) in [7, 11) is 0. The molecule has 6 aromatic heterocycles. The molecule has 11 nitrogen and oxygen atoms in total. The maximum absolute atomic E-state index is 11.4. The van der Waals surface area contributed by atoms with Gasteiger partial charge in [-0.3, -0.25) is 4.98 Å². The number of nitrogens with zero attached hydrogens (tertiary/aromatic N) is 5. The first-order valence-electron chi connectivity index (χ1n) is 14.8.